The van der Waals surface area contributed by atoms with Gasteiger partial charge in [-0.15, -0.1) is 11.8 Å². The Kier molecular flexibility index (Phi) is 6.80. The van der Waals surface area contributed by atoms with Gasteiger partial charge in [0.1, 0.15) is 5.82 Å². The summed E-state index contributed by atoms with van der Waals surface area (Å²) >= 11 is 9.56. The maximum absolute atomic E-state index is 12.9. The van der Waals surface area contributed by atoms with Crippen LogP contribution in [0.2, 0.25) is 5.02 Å². The van der Waals surface area contributed by atoms with Crippen molar-refractivity contribution in [2.24, 2.45) is 0 Å². The number of piperazine rings is 1. The van der Waals surface area contributed by atoms with E-state index in [2.05, 4.69) is 4.90 Å². The van der Waals surface area contributed by atoms with Crippen molar-refractivity contribution >= 4 is 56.0 Å². The molecule has 1 aliphatic heterocycles. The Bertz CT molecular complexity index is 1030. The number of anilines is 1. The average Bonchev–Trinajstić information content (AvgIpc) is 3.20. The fourth-order valence-corrected chi connectivity index (χ4v) is 5.56. The zero-order chi connectivity index (χ0) is 21.1. The number of halogens is 2. The Morgan fingerprint density at radius 1 is 1.17 bits per heavy atom. The molecule has 30 heavy (non-hydrogen) atoms. The van der Waals surface area contributed by atoms with E-state index in [1.807, 2.05) is 24.0 Å². The number of amides is 1. The minimum atomic E-state index is -0.224. The summed E-state index contributed by atoms with van der Waals surface area (Å²) in [5.74, 6) is 0.838. The highest BCUT2D eigenvalue weighted by Crippen LogP contribution is 2.33. The highest BCUT2D eigenvalue weighted by molar-refractivity contribution is 7.99. The second kappa shape index (κ2) is 9.54. The summed E-state index contributed by atoms with van der Waals surface area (Å²) < 4.78 is 14.1. The van der Waals surface area contributed by atoms with Crippen molar-refractivity contribution in [3.63, 3.8) is 0 Å². The summed E-state index contributed by atoms with van der Waals surface area (Å²) in [5.41, 5.74) is 1.99. The van der Waals surface area contributed by atoms with Gasteiger partial charge in [-0.3, -0.25) is 4.79 Å². The number of thioether (sulfide) groups is 1. The van der Waals surface area contributed by atoms with E-state index in [4.69, 9.17) is 16.6 Å². The van der Waals surface area contributed by atoms with Crippen LogP contribution in [0.5, 0.6) is 0 Å². The van der Waals surface area contributed by atoms with Crippen LogP contribution in [-0.4, -0.2) is 47.7 Å². The fraction of sp³-hybridized carbons (Fsp3) is 0.364. The highest BCUT2D eigenvalue weighted by Gasteiger charge is 2.23. The zero-order valence-electron chi connectivity index (χ0n) is 16.7. The van der Waals surface area contributed by atoms with Crippen molar-refractivity contribution in [3.05, 3.63) is 52.8 Å². The quantitative estimate of drug-likeness (QED) is 0.351. The molecule has 2 aromatic carbocycles. The van der Waals surface area contributed by atoms with Gasteiger partial charge in [0.25, 0.3) is 0 Å². The molecular formula is C22H23ClFN3OS2. The molecule has 0 saturated carbocycles. The minimum absolute atomic E-state index is 0.210. The first-order valence-corrected chi connectivity index (χ1v) is 12.2. The molecule has 0 N–H and O–H groups in total. The predicted molar refractivity (Wildman–Crippen MR) is 125 cm³/mol. The SMILES string of the molecule is Cc1c(Cl)ccc2sc(N3CCN(C(=O)CCCSc4ccc(F)cc4)CC3)nc12. The smallest absolute Gasteiger partial charge is 0.222 e. The van der Waals surface area contributed by atoms with Gasteiger partial charge in [0, 0.05) is 42.5 Å². The highest BCUT2D eigenvalue weighted by atomic mass is 35.5. The van der Waals surface area contributed by atoms with E-state index in [9.17, 15) is 9.18 Å². The molecular weight excluding hydrogens is 441 g/mol. The number of aryl methyl sites for hydroxylation is 1. The van der Waals surface area contributed by atoms with Gasteiger partial charge >= 0.3 is 0 Å². The number of nitrogens with zero attached hydrogens (tertiary/aromatic N) is 3. The van der Waals surface area contributed by atoms with Crippen LogP contribution in [0, 0.1) is 12.7 Å². The summed E-state index contributed by atoms with van der Waals surface area (Å²) in [7, 11) is 0. The molecule has 1 aliphatic rings. The van der Waals surface area contributed by atoms with Crippen LogP contribution < -0.4 is 4.90 Å². The maximum atomic E-state index is 12.9. The monoisotopic (exact) mass is 463 g/mol. The molecule has 1 fully saturated rings. The average molecular weight is 464 g/mol. The van der Waals surface area contributed by atoms with Gasteiger partial charge in [0.05, 0.1) is 10.2 Å². The third-order valence-electron chi connectivity index (χ3n) is 5.26. The van der Waals surface area contributed by atoms with E-state index in [0.29, 0.717) is 6.42 Å². The van der Waals surface area contributed by atoms with Crippen LogP contribution in [0.4, 0.5) is 9.52 Å². The van der Waals surface area contributed by atoms with Gasteiger partial charge in [-0.25, -0.2) is 9.37 Å². The molecule has 0 bridgehead atoms. The fourth-order valence-electron chi connectivity index (χ4n) is 3.47. The maximum Gasteiger partial charge on any atom is 0.222 e. The summed E-state index contributed by atoms with van der Waals surface area (Å²) in [6, 6.07) is 10.4. The molecule has 1 aromatic heterocycles. The lowest BCUT2D eigenvalue weighted by molar-refractivity contribution is -0.131. The standard InChI is InChI=1S/C22H23ClFN3OS2/c1-15-18(23)8-9-19-21(15)25-22(30-19)27-12-10-26(11-13-27)20(28)3-2-14-29-17-6-4-16(24)5-7-17/h4-9H,2-3,10-14H2,1H3. The van der Waals surface area contributed by atoms with Crippen molar-refractivity contribution in [2.75, 3.05) is 36.8 Å². The second-order valence-corrected chi connectivity index (χ2v) is 9.87. The number of carbonyl (C=O) groups excluding carboxylic acids is 1. The first kappa shape index (κ1) is 21.4. The van der Waals surface area contributed by atoms with Crippen LogP contribution in [-0.2, 0) is 4.79 Å². The predicted octanol–water partition coefficient (Wildman–Crippen LogP) is 5.62. The summed E-state index contributed by atoms with van der Waals surface area (Å²) in [4.78, 5) is 22.6. The zero-order valence-corrected chi connectivity index (χ0v) is 19.1. The number of benzene rings is 2. The lowest BCUT2D eigenvalue weighted by atomic mass is 10.2. The molecule has 4 nitrogen and oxygen atoms in total. The number of fused-ring (bicyclic) bond motifs is 1. The number of thiazole rings is 1. The first-order chi connectivity index (χ1) is 14.5. The molecule has 3 aromatic rings. The lowest BCUT2D eigenvalue weighted by Crippen LogP contribution is -2.48. The number of aromatic nitrogens is 1. The normalized spacial score (nSPS) is 14.5. The molecule has 4 rings (SSSR count). The van der Waals surface area contributed by atoms with E-state index in [-0.39, 0.29) is 11.7 Å². The van der Waals surface area contributed by atoms with Gasteiger partial charge in [-0.05, 0) is 61.1 Å². The summed E-state index contributed by atoms with van der Waals surface area (Å²) in [5, 5.41) is 1.74. The summed E-state index contributed by atoms with van der Waals surface area (Å²) in [6.45, 7) is 5.03. The molecule has 8 heteroatoms. The van der Waals surface area contributed by atoms with Crippen LogP contribution in [0.25, 0.3) is 10.2 Å². The van der Waals surface area contributed by atoms with Crippen molar-refractivity contribution in [1.29, 1.82) is 0 Å². The molecule has 0 radical (unpaired) electrons. The lowest BCUT2D eigenvalue weighted by Gasteiger charge is -2.34. The molecule has 1 amide bonds. The van der Waals surface area contributed by atoms with Crippen molar-refractivity contribution < 1.29 is 9.18 Å². The van der Waals surface area contributed by atoms with Crippen molar-refractivity contribution in [2.45, 2.75) is 24.7 Å². The number of hydrogen-bond donors (Lipinski definition) is 0. The Labute approximate surface area is 189 Å². The molecule has 0 unspecified atom stereocenters. The molecule has 0 atom stereocenters. The van der Waals surface area contributed by atoms with Gasteiger partial charge in [-0.1, -0.05) is 22.9 Å². The molecule has 158 valence electrons. The van der Waals surface area contributed by atoms with Crippen LogP contribution in [0.1, 0.15) is 18.4 Å². The first-order valence-electron chi connectivity index (χ1n) is 9.98. The largest absolute Gasteiger partial charge is 0.345 e. The van der Waals surface area contributed by atoms with Crippen LogP contribution in [0.15, 0.2) is 41.3 Å². The topological polar surface area (TPSA) is 36.4 Å². The molecule has 2 heterocycles. The Morgan fingerprint density at radius 3 is 2.63 bits per heavy atom. The van der Waals surface area contributed by atoms with Gasteiger partial charge in [-0.2, -0.15) is 0 Å². The Morgan fingerprint density at radius 2 is 1.90 bits per heavy atom. The van der Waals surface area contributed by atoms with Gasteiger partial charge in [0.2, 0.25) is 5.91 Å². The van der Waals surface area contributed by atoms with Gasteiger partial charge < -0.3 is 9.80 Å². The molecule has 1 saturated heterocycles. The third-order valence-corrected chi connectivity index (χ3v) is 7.85. The van der Waals surface area contributed by atoms with E-state index in [1.54, 1.807) is 35.2 Å². The van der Waals surface area contributed by atoms with E-state index >= 15 is 0 Å². The number of rotatable bonds is 6. The third kappa shape index (κ3) is 4.90. The summed E-state index contributed by atoms with van der Waals surface area (Å²) in [6.07, 6.45) is 1.37. The van der Waals surface area contributed by atoms with E-state index in [1.165, 1.54) is 12.1 Å². The number of carbonyl (C=O) groups is 1. The second-order valence-electron chi connectivity index (χ2n) is 7.29. The number of hydrogen-bond acceptors (Lipinski definition) is 5. The van der Waals surface area contributed by atoms with Crippen molar-refractivity contribution in [3.8, 4) is 0 Å². The molecule has 0 aliphatic carbocycles. The van der Waals surface area contributed by atoms with Crippen molar-refractivity contribution in [1.82, 2.24) is 9.88 Å². The van der Waals surface area contributed by atoms with Gasteiger partial charge in [0.15, 0.2) is 5.13 Å². The Balaban J connectivity index is 1.24. The van der Waals surface area contributed by atoms with E-state index in [0.717, 1.165) is 69.2 Å². The van der Waals surface area contributed by atoms with Crippen LogP contribution in [0.3, 0.4) is 0 Å². The molecule has 0 spiro atoms. The van der Waals surface area contributed by atoms with Crippen LogP contribution >= 0.6 is 34.7 Å². The minimum Gasteiger partial charge on any atom is -0.345 e. The Hall–Kier alpha value is -1.83. The van der Waals surface area contributed by atoms with E-state index < -0.39 is 0 Å².